The Balaban J connectivity index is 1.91. The number of aryl methyl sites for hydroxylation is 1. The van der Waals surface area contributed by atoms with Crippen LogP contribution in [-0.4, -0.2) is 23.6 Å². The summed E-state index contributed by atoms with van der Waals surface area (Å²) in [5.74, 6) is -0.274. The molecule has 174 valence electrons. The fourth-order valence-electron chi connectivity index (χ4n) is 3.51. The molecule has 0 saturated heterocycles. The fraction of sp³-hybridized carbons (Fsp3) is 0.231. The number of urea groups is 1. The summed E-state index contributed by atoms with van der Waals surface area (Å²) < 4.78 is 1.40. The Morgan fingerprint density at radius 3 is 2.32 bits per heavy atom. The minimum absolute atomic E-state index is 0.147. The van der Waals surface area contributed by atoms with Crippen LogP contribution in [0.4, 0.5) is 16.2 Å². The third-order valence-corrected chi connectivity index (χ3v) is 5.70. The molecule has 1 heterocycles. The van der Waals surface area contributed by atoms with Crippen molar-refractivity contribution in [1.29, 1.82) is 5.26 Å². The maximum Gasteiger partial charge on any atom is 0.319 e. The van der Waals surface area contributed by atoms with Gasteiger partial charge >= 0.3 is 6.03 Å². The second kappa shape index (κ2) is 9.63. The van der Waals surface area contributed by atoms with E-state index in [9.17, 15) is 19.6 Å². The molecule has 1 aromatic heterocycles. The van der Waals surface area contributed by atoms with Gasteiger partial charge in [0.25, 0.3) is 11.5 Å². The molecular weight excluding hydrogens is 430 g/mol. The quantitative estimate of drug-likeness (QED) is 0.533. The van der Waals surface area contributed by atoms with Crippen LogP contribution in [0.3, 0.4) is 0 Å². The highest BCUT2D eigenvalue weighted by molar-refractivity contribution is 6.05. The number of benzene rings is 2. The second-order valence-electron chi connectivity index (χ2n) is 8.51. The number of hydrogen-bond acceptors (Lipinski definition) is 4. The lowest BCUT2D eigenvalue weighted by Crippen LogP contribution is -2.29. The SMILES string of the molecule is CNC(=O)Nc1cc(-c2cccc(NC(=O)c3ccc(C(C)(C)C#N)cc3)c2C)cn(C)c1=O. The van der Waals surface area contributed by atoms with Gasteiger partial charge in [-0.2, -0.15) is 5.26 Å². The molecule has 3 N–H and O–H groups in total. The molecule has 0 unspecified atom stereocenters. The van der Waals surface area contributed by atoms with E-state index in [-0.39, 0.29) is 17.2 Å². The number of aromatic nitrogens is 1. The van der Waals surface area contributed by atoms with Gasteiger partial charge in [0.15, 0.2) is 0 Å². The second-order valence-corrected chi connectivity index (χ2v) is 8.51. The maximum atomic E-state index is 12.9. The summed E-state index contributed by atoms with van der Waals surface area (Å²) in [6.45, 7) is 5.53. The van der Waals surface area contributed by atoms with Gasteiger partial charge in [-0.3, -0.25) is 9.59 Å². The van der Waals surface area contributed by atoms with E-state index in [4.69, 9.17) is 0 Å². The Kier molecular flexibility index (Phi) is 6.87. The molecule has 8 nitrogen and oxygen atoms in total. The average Bonchev–Trinajstić information content (AvgIpc) is 2.83. The molecule has 0 fully saturated rings. The number of pyridine rings is 1. The summed E-state index contributed by atoms with van der Waals surface area (Å²) in [4.78, 5) is 37.0. The molecule has 3 amide bonds. The van der Waals surface area contributed by atoms with Crippen molar-refractivity contribution >= 4 is 23.3 Å². The zero-order valence-corrected chi connectivity index (χ0v) is 19.8. The number of nitriles is 1. The van der Waals surface area contributed by atoms with Crippen LogP contribution in [-0.2, 0) is 12.5 Å². The molecule has 0 radical (unpaired) electrons. The van der Waals surface area contributed by atoms with Crippen molar-refractivity contribution < 1.29 is 9.59 Å². The molecule has 34 heavy (non-hydrogen) atoms. The van der Waals surface area contributed by atoms with Crippen molar-refractivity contribution in [2.24, 2.45) is 7.05 Å². The van der Waals surface area contributed by atoms with Crippen LogP contribution >= 0.6 is 0 Å². The standard InChI is InChI=1S/C26H27N5O3/c1-16-20(18-13-22(30-25(34)28-4)24(33)31(5)14-18)7-6-8-21(16)29-23(32)17-9-11-19(12-10-17)26(2,3)15-27/h6-14H,1-5H3,(H,29,32)(H2,28,30,34). The summed E-state index contributed by atoms with van der Waals surface area (Å²) >= 11 is 0. The monoisotopic (exact) mass is 457 g/mol. The first kappa shape index (κ1) is 24.3. The molecule has 0 atom stereocenters. The smallest absolute Gasteiger partial charge is 0.319 e. The van der Waals surface area contributed by atoms with Crippen LogP contribution < -0.4 is 21.5 Å². The molecule has 8 heteroatoms. The Labute approximate surface area is 198 Å². The van der Waals surface area contributed by atoms with Gasteiger partial charge in [-0.1, -0.05) is 24.3 Å². The Bertz CT molecular complexity index is 1350. The number of hydrogen-bond donors (Lipinski definition) is 3. The van der Waals surface area contributed by atoms with Gasteiger partial charge in [-0.05, 0) is 61.7 Å². The van der Waals surface area contributed by atoms with E-state index in [0.29, 0.717) is 16.8 Å². The lowest BCUT2D eigenvalue weighted by Gasteiger charge is -2.17. The average molecular weight is 458 g/mol. The normalized spacial score (nSPS) is 10.8. The minimum atomic E-state index is -0.638. The van der Waals surface area contributed by atoms with E-state index in [1.807, 2.05) is 32.9 Å². The number of rotatable bonds is 5. The van der Waals surface area contributed by atoms with Crippen molar-refractivity contribution in [2.45, 2.75) is 26.2 Å². The number of nitrogens with one attached hydrogen (secondary N) is 3. The third-order valence-electron chi connectivity index (χ3n) is 5.70. The predicted octanol–water partition coefficient (Wildman–Crippen LogP) is 4.17. The zero-order chi connectivity index (χ0) is 25.0. The largest absolute Gasteiger partial charge is 0.341 e. The Morgan fingerprint density at radius 2 is 1.71 bits per heavy atom. The highest BCUT2D eigenvalue weighted by Gasteiger charge is 2.20. The first-order valence-electron chi connectivity index (χ1n) is 10.7. The Hall–Kier alpha value is -4.38. The predicted molar refractivity (Wildman–Crippen MR) is 133 cm³/mol. The van der Waals surface area contributed by atoms with E-state index in [1.165, 1.54) is 11.6 Å². The van der Waals surface area contributed by atoms with Crippen LogP contribution in [0, 0.1) is 18.3 Å². The molecule has 0 aliphatic carbocycles. The lowest BCUT2D eigenvalue weighted by atomic mass is 9.86. The molecule has 3 aromatic rings. The summed E-state index contributed by atoms with van der Waals surface area (Å²) in [6, 6.07) is 15.8. The zero-order valence-electron chi connectivity index (χ0n) is 19.8. The van der Waals surface area contributed by atoms with Gasteiger partial charge in [0.05, 0.1) is 11.5 Å². The number of anilines is 2. The lowest BCUT2D eigenvalue weighted by molar-refractivity contribution is 0.102. The summed E-state index contributed by atoms with van der Waals surface area (Å²) in [6.07, 6.45) is 1.68. The summed E-state index contributed by atoms with van der Waals surface area (Å²) in [7, 11) is 3.08. The molecule has 0 aliphatic heterocycles. The first-order valence-corrected chi connectivity index (χ1v) is 10.7. The van der Waals surface area contributed by atoms with Crippen LogP contribution in [0.1, 0.15) is 35.3 Å². The number of amides is 3. The third kappa shape index (κ3) is 4.99. The fourth-order valence-corrected chi connectivity index (χ4v) is 3.51. The van der Waals surface area contributed by atoms with Gasteiger partial charge in [-0.25, -0.2) is 4.79 Å². The van der Waals surface area contributed by atoms with E-state index < -0.39 is 11.4 Å². The highest BCUT2D eigenvalue weighted by atomic mass is 16.2. The molecule has 0 spiro atoms. The van der Waals surface area contributed by atoms with E-state index in [1.54, 1.807) is 49.6 Å². The van der Waals surface area contributed by atoms with Crippen molar-refractivity contribution in [2.75, 3.05) is 17.7 Å². The van der Waals surface area contributed by atoms with E-state index in [2.05, 4.69) is 22.0 Å². The number of carbonyl (C=O) groups is 2. The van der Waals surface area contributed by atoms with Gasteiger partial charge in [-0.15, -0.1) is 0 Å². The van der Waals surface area contributed by atoms with Crippen LogP contribution in [0.2, 0.25) is 0 Å². The van der Waals surface area contributed by atoms with Gasteiger partial charge < -0.3 is 20.5 Å². The van der Waals surface area contributed by atoms with Gasteiger partial charge in [0.2, 0.25) is 0 Å². The van der Waals surface area contributed by atoms with Crippen molar-refractivity contribution in [3.8, 4) is 17.2 Å². The molecule has 3 rings (SSSR count). The summed E-state index contributed by atoms with van der Waals surface area (Å²) in [5, 5.41) is 17.2. The number of nitrogens with zero attached hydrogens (tertiary/aromatic N) is 2. The molecule has 0 saturated carbocycles. The minimum Gasteiger partial charge on any atom is -0.341 e. The van der Waals surface area contributed by atoms with E-state index >= 15 is 0 Å². The molecule has 2 aromatic carbocycles. The maximum absolute atomic E-state index is 12.9. The number of carbonyl (C=O) groups excluding carboxylic acids is 2. The topological polar surface area (TPSA) is 116 Å². The molecular formula is C26H27N5O3. The van der Waals surface area contributed by atoms with Gasteiger partial charge in [0, 0.05) is 37.1 Å². The van der Waals surface area contributed by atoms with E-state index in [0.717, 1.165) is 16.7 Å². The summed E-state index contributed by atoms with van der Waals surface area (Å²) in [5.41, 5.74) is 3.43. The highest BCUT2D eigenvalue weighted by Crippen LogP contribution is 2.30. The molecule has 0 bridgehead atoms. The van der Waals surface area contributed by atoms with Crippen molar-refractivity contribution in [3.05, 3.63) is 81.8 Å². The Morgan fingerprint density at radius 1 is 1.03 bits per heavy atom. The van der Waals surface area contributed by atoms with Crippen LogP contribution in [0.15, 0.2) is 59.5 Å². The first-order chi connectivity index (χ1) is 16.1. The molecule has 0 aliphatic rings. The van der Waals surface area contributed by atoms with Crippen LogP contribution in [0.5, 0.6) is 0 Å². The van der Waals surface area contributed by atoms with Crippen LogP contribution in [0.25, 0.3) is 11.1 Å². The van der Waals surface area contributed by atoms with Crippen molar-refractivity contribution in [1.82, 2.24) is 9.88 Å². The van der Waals surface area contributed by atoms with Crippen molar-refractivity contribution in [3.63, 3.8) is 0 Å². The van der Waals surface area contributed by atoms with Gasteiger partial charge in [0.1, 0.15) is 5.69 Å².